The molecule has 3 aromatic rings. The molecule has 0 aliphatic heterocycles. The molecule has 1 aromatic heterocycles. The number of aliphatic carboxylic acids is 1. The van der Waals surface area contributed by atoms with E-state index in [1.807, 2.05) is 0 Å². The number of Topliss-reactive ketones (excluding diaryl/α,β-unsaturated/α-hetero) is 1. The Morgan fingerprint density at radius 1 is 1.16 bits per heavy atom. The summed E-state index contributed by atoms with van der Waals surface area (Å²) in [4.78, 5) is 27.3. The van der Waals surface area contributed by atoms with Crippen molar-refractivity contribution in [2.75, 3.05) is 0 Å². The van der Waals surface area contributed by atoms with Crippen molar-refractivity contribution in [1.29, 1.82) is 5.26 Å². The first-order valence-corrected chi connectivity index (χ1v) is 9.26. The Balaban J connectivity index is 2.19. The van der Waals surface area contributed by atoms with Gasteiger partial charge in [-0.3, -0.25) is 9.59 Å². The number of hydrogen-bond donors (Lipinski definition) is 2. The van der Waals surface area contributed by atoms with Crippen LogP contribution in [0, 0.1) is 11.3 Å². The number of alkyl halides is 3. The summed E-state index contributed by atoms with van der Waals surface area (Å²) in [6, 6.07) is 9.53. The van der Waals surface area contributed by atoms with E-state index in [2.05, 4.69) is 9.72 Å². The van der Waals surface area contributed by atoms with E-state index in [1.165, 1.54) is 24.3 Å². The maximum absolute atomic E-state index is 12.5. The van der Waals surface area contributed by atoms with Crippen LogP contribution in [-0.2, 0) is 4.79 Å². The first-order valence-electron chi connectivity index (χ1n) is 8.88. The molecule has 0 saturated heterocycles. The van der Waals surface area contributed by atoms with Crippen LogP contribution in [0.2, 0.25) is 5.02 Å². The molecule has 32 heavy (non-hydrogen) atoms. The summed E-state index contributed by atoms with van der Waals surface area (Å²) in [5, 5.41) is 28.7. The van der Waals surface area contributed by atoms with E-state index in [-0.39, 0.29) is 32.6 Å². The molecule has 2 aromatic carbocycles. The summed E-state index contributed by atoms with van der Waals surface area (Å²) in [6.45, 7) is 0. The molecule has 0 radical (unpaired) electrons. The second-order valence-corrected chi connectivity index (χ2v) is 6.91. The predicted molar refractivity (Wildman–Crippen MR) is 106 cm³/mol. The normalized spacial score (nSPS) is 11.2. The number of carboxylic acids is 1. The minimum absolute atomic E-state index is 0.0758. The molecule has 7 nitrogen and oxygen atoms in total. The first kappa shape index (κ1) is 22.8. The number of aromatic hydroxyl groups is 1. The van der Waals surface area contributed by atoms with Gasteiger partial charge in [0.15, 0.2) is 11.5 Å². The van der Waals surface area contributed by atoms with E-state index in [1.54, 1.807) is 6.07 Å². The summed E-state index contributed by atoms with van der Waals surface area (Å²) in [5.74, 6) is -3.25. The van der Waals surface area contributed by atoms with Gasteiger partial charge in [0.25, 0.3) is 0 Å². The maximum atomic E-state index is 12.5. The lowest BCUT2D eigenvalue weighted by Crippen LogP contribution is -2.17. The smallest absolute Gasteiger partial charge is 0.504 e. The van der Waals surface area contributed by atoms with Crippen LogP contribution in [0.25, 0.3) is 22.0 Å². The van der Waals surface area contributed by atoms with Crippen molar-refractivity contribution in [3.05, 3.63) is 52.7 Å². The van der Waals surface area contributed by atoms with Gasteiger partial charge in [0.1, 0.15) is 23.1 Å². The quantitative estimate of drug-likeness (QED) is 0.488. The number of aromatic nitrogens is 1. The molecule has 0 saturated carbocycles. The molecular formula is C21H12ClF3N2O5. The highest BCUT2D eigenvalue weighted by Crippen LogP contribution is 2.39. The second-order valence-electron chi connectivity index (χ2n) is 6.50. The topological polar surface area (TPSA) is 121 Å². The lowest BCUT2D eigenvalue weighted by molar-refractivity contribution is -0.274. The predicted octanol–water partition coefficient (Wildman–Crippen LogP) is 5.08. The van der Waals surface area contributed by atoms with Crippen LogP contribution in [0.15, 0.2) is 36.4 Å². The molecule has 0 bridgehead atoms. The Morgan fingerprint density at radius 2 is 1.88 bits per heavy atom. The van der Waals surface area contributed by atoms with Gasteiger partial charge in [0, 0.05) is 22.9 Å². The number of ketones is 1. The van der Waals surface area contributed by atoms with Crippen molar-refractivity contribution in [2.24, 2.45) is 0 Å². The lowest BCUT2D eigenvalue weighted by Gasteiger charge is -2.14. The molecule has 3 rings (SSSR count). The molecule has 0 aliphatic rings. The number of carbonyl (C=O) groups excluding carboxylic acids is 1. The van der Waals surface area contributed by atoms with Gasteiger partial charge in [-0.05, 0) is 18.2 Å². The molecule has 0 atom stereocenters. The third-order valence-corrected chi connectivity index (χ3v) is 4.71. The third kappa shape index (κ3) is 4.73. The minimum atomic E-state index is -4.91. The number of fused-ring (bicyclic) bond motifs is 1. The fourth-order valence-corrected chi connectivity index (χ4v) is 3.32. The van der Waals surface area contributed by atoms with Gasteiger partial charge in [-0.1, -0.05) is 29.8 Å². The monoisotopic (exact) mass is 464 g/mol. The zero-order chi connectivity index (χ0) is 23.6. The van der Waals surface area contributed by atoms with Gasteiger partial charge in [0.2, 0.25) is 0 Å². The van der Waals surface area contributed by atoms with Crippen LogP contribution >= 0.6 is 11.6 Å². The van der Waals surface area contributed by atoms with E-state index in [0.29, 0.717) is 0 Å². The number of carbonyl (C=O) groups is 2. The minimum Gasteiger partial charge on any atom is -0.504 e. The van der Waals surface area contributed by atoms with Crippen LogP contribution in [0.5, 0.6) is 11.5 Å². The molecule has 164 valence electrons. The molecule has 11 heteroatoms. The number of ether oxygens (including phenoxy) is 1. The molecule has 0 aliphatic carbocycles. The molecule has 2 N–H and O–H groups in total. The van der Waals surface area contributed by atoms with Crippen molar-refractivity contribution in [3.8, 4) is 28.7 Å². The SMILES string of the molecule is N#Cc1c(O)c(C(=O)CCC(=O)O)nc2c(-c3ccc(OC(F)(F)F)cc3Cl)cccc12. The fourth-order valence-electron chi connectivity index (χ4n) is 3.05. The van der Waals surface area contributed by atoms with Crippen molar-refractivity contribution in [2.45, 2.75) is 19.2 Å². The van der Waals surface area contributed by atoms with E-state index >= 15 is 0 Å². The van der Waals surface area contributed by atoms with Gasteiger partial charge in [-0.2, -0.15) is 5.26 Å². The largest absolute Gasteiger partial charge is 0.573 e. The van der Waals surface area contributed by atoms with Crippen molar-refractivity contribution in [1.82, 2.24) is 4.98 Å². The summed E-state index contributed by atoms with van der Waals surface area (Å²) in [5.41, 5.74) is -0.167. The van der Waals surface area contributed by atoms with Gasteiger partial charge in [-0.15, -0.1) is 13.2 Å². The Hall–Kier alpha value is -3.84. The average Bonchev–Trinajstić information content (AvgIpc) is 2.70. The number of halogens is 4. The average molecular weight is 465 g/mol. The number of nitriles is 1. The number of hydrogen-bond acceptors (Lipinski definition) is 6. The summed E-state index contributed by atoms with van der Waals surface area (Å²) >= 11 is 6.16. The highest BCUT2D eigenvalue weighted by atomic mass is 35.5. The second kappa shape index (κ2) is 8.72. The maximum Gasteiger partial charge on any atom is 0.573 e. The number of nitrogens with zero attached hydrogens (tertiary/aromatic N) is 2. The highest BCUT2D eigenvalue weighted by molar-refractivity contribution is 6.34. The van der Waals surface area contributed by atoms with Crippen LogP contribution in [0.4, 0.5) is 13.2 Å². The Morgan fingerprint density at radius 3 is 2.47 bits per heavy atom. The molecule has 0 unspecified atom stereocenters. The van der Waals surface area contributed by atoms with Gasteiger partial charge < -0.3 is 14.9 Å². The van der Waals surface area contributed by atoms with Gasteiger partial charge in [0.05, 0.1) is 17.0 Å². The van der Waals surface area contributed by atoms with Crippen LogP contribution in [0.1, 0.15) is 28.9 Å². The van der Waals surface area contributed by atoms with Gasteiger partial charge >= 0.3 is 12.3 Å². The Kier molecular flexibility index (Phi) is 6.23. The van der Waals surface area contributed by atoms with Crippen LogP contribution in [-0.4, -0.2) is 33.3 Å². The molecule has 0 amide bonds. The number of pyridine rings is 1. The molecule has 0 spiro atoms. The van der Waals surface area contributed by atoms with Crippen molar-refractivity contribution < 1.29 is 37.7 Å². The summed E-state index contributed by atoms with van der Waals surface area (Å²) in [7, 11) is 0. The summed E-state index contributed by atoms with van der Waals surface area (Å²) < 4.78 is 41.2. The van der Waals surface area contributed by atoms with E-state index in [0.717, 1.165) is 12.1 Å². The van der Waals surface area contributed by atoms with Crippen LogP contribution < -0.4 is 4.74 Å². The highest BCUT2D eigenvalue weighted by Gasteiger charge is 2.31. The Labute approximate surface area is 183 Å². The fraction of sp³-hybridized carbons (Fsp3) is 0.143. The molecular weight excluding hydrogens is 453 g/mol. The summed E-state index contributed by atoms with van der Waals surface area (Å²) in [6.07, 6.45) is -5.87. The number of rotatable bonds is 6. The van der Waals surface area contributed by atoms with E-state index in [4.69, 9.17) is 16.7 Å². The molecule has 0 fully saturated rings. The van der Waals surface area contributed by atoms with Crippen molar-refractivity contribution >= 4 is 34.3 Å². The molecule has 1 heterocycles. The number of para-hydroxylation sites is 1. The van der Waals surface area contributed by atoms with E-state index < -0.39 is 48.1 Å². The van der Waals surface area contributed by atoms with Gasteiger partial charge in [-0.25, -0.2) is 4.98 Å². The number of benzene rings is 2. The number of carboxylic acid groups (broad SMARTS) is 1. The van der Waals surface area contributed by atoms with Crippen molar-refractivity contribution in [3.63, 3.8) is 0 Å². The van der Waals surface area contributed by atoms with E-state index in [9.17, 15) is 33.1 Å². The van der Waals surface area contributed by atoms with Crippen LogP contribution in [0.3, 0.4) is 0 Å². The Bertz CT molecular complexity index is 1290. The third-order valence-electron chi connectivity index (χ3n) is 4.40. The first-order chi connectivity index (χ1) is 15.0. The zero-order valence-electron chi connectivity index (χ0n) is 15.9. The zero-order valence-corrected chi connectivity index (χ0v) is 16.7. The standard InChI is InChI=1S/C21H12ClF3N2O5/c22-15-8-10(32-21(23,24)25)4-5-11(15)12-2-1-3-13-14(9-26)20(31)19(27-18(12)13)16(28)6-7-17(29)30/h1-5,8,31H,6-7H2,(H,29,30). The lowest BCUT2D eigenvalue weighted by atomic mass is 9.97.